The Morgan fingerprint density at radius 3 is 2.33 bits per heavy atom. The molecule has 0 saturated heterocycles. The lowest BCUT2D eigenvalue weighted by atomic mass is 9.75. The Bertz CT molecular complexity index is 924. The van der Waals surface area contributed by atoms with Gasteiger partial charge in [0.1, 0.15) is 11.6 Å². The molecule has 30 heavy (non-hydrogen) atoms. The number of carbonyl (C=O) groups is 1. The summed E-state index contributed by atoms with van der Waals surface area (Å²) < 4.78 is 40.2. The molecule has 1 saturated carbocycles. The summed E-state index contributed by atoms with van der Waals surface area (Å²) in [5.74, 6) is -0.223. The molecular formula is C22H28F3N3O2. The number of hydrogen-bond donors (Lipinski definition) is 2. The molecule has 0 spiro atoms. The number of aromatic nitrogens is 2. The number of fused-ring (bicyclic) bond motifs is 1. The molecule has 0 aliphatic heterocycles. The maximum atomic E-state index is 13.4. The Hall–Kier alpha value is -2.22. The summed E-state index contributed by atoms with van der Waals surface area (Å²) in [7, 11) is 0. The Morgan fingerprint density at radius 2 is 1.73 bits per heavy atom. The molecule has 1 aliphatic rings. The topological polar surface area (TPSA) is 75.1 Å². The van der Waals surface area contributed by atoms with Crippen LogP contribution in [0.4, 0.5) is 13.2 Å². The number of aliphatic hydroxyl groups excluding tert-OH is 1. The first kappa shape index (κ1) is 22.5. The largest absolute Gasteiger partial charge is 0.418 e. The lowest BCUT2D eigenvalue weighted by Crippen LogP contribution is -2.48. The molecular weight excluding hydrogens is 395 g/mol. The van der Waals surface area contributed by atoms with E-state index in [1.165, 1.54) is 18.5 Å². The van der Waals surface area contributed by atoms with Gasteiger partial charge in [0.15, 0.2) is 0 Å². The minimum Gasteiger partial charge on any atom is -0.383 e. The van der Waals surface area contributed by atoms with Crippen LogP contribution >= 0.6 is 0 Å². The van der Waals surface area contributed by atoms with E-state index in [1.54, 1.807) is 20.8 Å². The number of aliphatic hydroxyl groups is 1. The number of halogens is 3. The third-order valence-electron chi connectivity index (χ3n) is 5.76. The molecule has 1 aromatic heterocycles. The fourth-order valence-corrected chi connectivity index (χ4v) is 4.28. The highest BCUT2D eigenvalue weighted by Crippen LogP contribution is 2.41. The van der Waals surface area contributed by atoms with E-state index in [0.29, 0.717) is 12.0 Å². The van der Waals surface area contributed by atoms with E-state index < -0.39 is 29.2 Å². The van der Waals surface area contributed by atoms with Crippen molar-refractivity contribution in [2.75, 3.05) is 0 Å². The summed E-state index contributed by atoms with van der Waals surface area (Å²) in [5.41, 5.74) is -0.552. The molecule has 164 valence electrons. The summed E-state index contributed by atoms with van der Waals surface area (Å²) in [5, 5.41) is 13.2. The van der Waals surface area contributed by atoms with Crippen LogP contribution in [0.15, 0.2) is 24.5 Å². The van der Waals surface area contributed by atoms with Crippen molar-refractivity contribution < 1.29 is 23.1 Å². The monoisotopic (exact) mass is 423 g/mol. The number of amides is 1. The summed E-state index contributed by atoms with van der Waals surface area (Å²) in [4.78, 5) is 20.6. The molecule has 3 rings (SSSR count). The van der Waals surface area contributed by atoms with Crippen molar-refractivity contribution in [1.82, 2.24) is 15.3 Å². The van der Waals surface area contributed by atoms with Crippen molar-refractivity contribution in [2.24, 2.45) is 11.3 Å². The number of hydrogen-bond acceptors (Lipinski definition) is 4. The van der Waals surface area contributed by atoms with Crippen LogP contribution < -0.4 is 5.32 Å². The smallest absolute Gasteiger partial charge is 0.383 e. The Labute approximate surface area is 174 Å². The summed E-state index contributed by atoms with van der Waals surface area (Å²) in [6, 6.07) is 2.39. The maximum absolute atomic E-state index is 13.4. The highest BCUT2D eigenvalue weighted by Gasteiger charge is 2.37. The second kappa shape index (κ2) is 8.13. The molecule has 8 heteroatoms. The van der Waals surface area contributed by atoms with Gasteiger partial charge in [0, 0.05) is 18.4 Å². The number of carbonyl (C=O) groups excluding carboxylic acids is 1. The zero-order valence-corrected chi connectivity index (χ0v) is 17.6. The van der Waals surface area contributed by atoms with Crippen LogP contribution in [-0.4, -0.2) is 33.1 Å². The van der Waals surface area contributed by atoms with E-state index in [9.17, 15) is 23.1 Å². The van der Waals surface area contributed by atoms with Crippen LogP contribution in [0, 0.1) is 11.3 Å². The van der Waals surface area contributed by atoms with E-state index in [0.717, 1.165) is 18.9 Å². The fourth-order valence-electron chi connectivity index (χ4n) is 4.28. The molecule has 1 amide bonds. The van der Waals surface area contributed by atoms with Gasteiger partial charge in [0.25, 0.3) is 0 Å². The van der Waals surface area contributed by atoms with Gasteiger partial charge in [0.05, 0.1) is 11.1 Å². The van der Waals surface area contributed by atoms with Gasteiger partial charge < -0.3 is 10.4 Å². The number of nitrogens with one attached hydrogen (secondary N) is 1. The van der Waals surface area contributed by atoms with Crippen LogP contribution in [-0.2, 0) is 11.0 Å². The van der Waals surface area contributed by atoms with Gasteiger partial charge in [-0.3, -0.25) is 14.8 Å². The first-order valence-electron chi connectivity index (χ1n) is 10.2. The van der Waals surface area contributed by atoms with Crippen LogP contribution in [0.1, 0.15) is 64.0 Å². The Morgan fingerprint density at radius 1 is 1.10 bits per heavy atom. The van der Waals surface area contributed by atoms with Gasteiger partial charge in [-0.15, -0.1) is 0 Å². The van der Waals surface area contributed by atoms with E-state index in [-0.39, 0.29) is 28.9 Å². The molecule has 1 fully saturated rings. The number of benzene rings is 1. The van der Waals surface area contributed by atoms with Gasteiger partial charge in [-0.05, 0) is 48.1 Å². The van der Waals surface area contributed by atoms with Crippen molar-refractivity contribution in [3.05, 3.63) is 35.7 Å². The molecule has 1 aromatic carbocycles. The molecule has 0 radical (unpaired) electrons. The second-order valence-electron chi connectivity index (χ2n) is 9.44. The predicted molar refractivity (Wildman–Crippen MR) is 108 cm³/mol. The van der Waals surface area contributed by atoms with Crippen LogP contribution in [0.5, 0.6) is 0 Å². The van der Waals surface area contributed by atoms with E-state index in [4.69, 9.17) is 0 Å². The molecule has 0 bridgehead atoms. The predicted octanol–water partition coefficient (Wildman–Crippen LogP) is 4.44. The SMILES string of the molecule is C[C@@H]1C[C@H](NC(=O)[C@@H](O)C(C)(C)C)C[C@H](c2ccc(C(F)(F)F)c3nccnc23)C1. The first-order chi connectivity index (χ1) is 13.9. The highest BCUT2D eigenvalue weighted by molar-refractivity contribution is 5.83. The third-order valence-corrected chi connectivity index (χ3v) is 5.76. The van der Waals surface area contributed by atoms with Gasteiger partial charge in [-0.25, -0.2) is 0 Å². The normalized spacial score (nSPS) is 23.9. The summed E-state index contributed by atoms with van der Waals surface area (Å²) in [6.45, 7) is 7.42. The van der Waals surface area contributed by atoms with Gasteiger partial charge in [0.2, 0.25) is 5.91 Å². The third kappa shape index (κ3) is 4.74. The van der Waals surface area contributed by atoms with Crippen LogP contribution in [0.25, 0.3) is 11.0 Å². The van der Waals surface area contributed by atoms with E-state index in [1.807, 2.05) is 0 Å². The van der Waals surface area contributed by atoms with E-state index >= 15 is 0 Å². The maximum Gasteiger partial charge on any atom is 0.418 e. The molecule has 2 N–H and O–H groups in total. The Balaban J connectivity index is 1.89. The van der Waals surface area contributed by atoms with Gasteiger partial charge in [-0.1, -0.05) is 33.8 Å². The average molecular weight is 423 g/mol. The van der Waals surface area contributed by atoms with Crippen molar-refractivity contribution in [2.45, 2.75) is 71.2 Å². The second-order valence-corrected chi connectivity index (χ2v) is 9.44. The zero-order valence-electron chi connectivity index (χ0n) is 17.6. The van der Waals surface area contributed by atoms with Crippen molar-refractivity contribution >= 4 is 16.9 Å². The highest BCUT2D eigenvalue weighted by atomic mass is 19.4. The number of alkyl halides is 3. The lowest BCUT2D eigenvalue weighted by Gasteiger charge is -2.36. The Kier molecular flexibility index (Phi) is 6.09. The number of nitrogens with zero attached hydrogens (tertiary/aromatic N) is 2. The summed E-state index contributed by atoms with van der Waals surface area (Å²) in [6.07, 6.45) is -0.866. The lowest BCUT2D eigenvalue weighted by molar-refractivity contribution is -0.137. The number of rotatable bonds is 3. The molecule has 4 atom stereocenters. The molecule has 1 aliphatic carbocycles. The van der Waals surface area contributed by atoms with Gasteiger partial charge in [-0.2, -0.15) is 13.2 Å². The molecule has 2 aromatic rings. The molecule has 1 heterocycles. The zero-order chi connectivity index (χ0) is 22.3. The van der Waals surface area contributed by atoms with Crippen molar-refractivity contribution in [3.63, 3.8) is 0 Å². The van der Waals surface area contributed by atoms with Crippen LogP contribution in [0.2, 0.25) is 0 Å². The average Bonchev–Trinajstić information content (AvgIpc) is 2.64. The van der Waals surface area contributed by atoms with Crippen molar-refractivity contribution in [1.29, 1.82) is 0 Å². The quantitative estimate of drug-likeness (QED) is 0.765. The fraction of sp³-hybridized carbons (Fsp3) is 0.591. The minimum atomic E-state index is -4.51. The molecule has 5 nitrogen and oxygen atoms in total. The molecule has 0 unspecified atom stereocenters. The standard InChI is InChI=1S/C22H28F3N3O2/c1-12-9-13(11-14(10-12)28-20(30)19(29)21(2,3)4)15-5-6-16(22(23,24)25)18-17(15)26-7-8-27-18/h5-8,12-14,19,29H,9-11H2,1-4H3,(H,28,30)/t12-,13+,14-,19+/m0/s1. The van der Waals surface area contributed by atoms with Crippen LogP contribution in [0.3, 0.4) is 0 Å². The van der Waals surface area contributed by atoms with Gasteiger partial charge >= 0.3 is 6.18 Å². The summed E-state index contributed by atoms with van der Waals surface area (Å²) >= 11 is 0. The van der Waals surface area contributed by atoms with Crippen molar-refractivity contribution in [3.8, 4) is 0 Å². The first-order valence-corrected chi connectivity index (χ1v) is 10.2. The minimum absolute atomic E-state index is 0.0627. The van der Waals surface area contributed by atoms with E-state index in [2.05, 4.69) is 22.2 Å².